The van der Waals surface area contributed by atoms with Crippen LogP contribution in [0.3, 0.4) is 0 Å². The second-order valence-electron chi connectivity index (χ2n) is 4.42. The first kappa shape index (κ1) is 10.7. The number of halogens is 2. The van der Waals surface area contributed by atoms with Crippen LogP contribution in [0.25, 0.3) is 0 Å². The molecule has 1 atom stereocenters. The van der Waals surface area contributed by atoms with Crippen molar-refractivity contribution in [3.8, 4) is 0 Å². The highest BCUT2D eigenvalue weighted by molar-refractivity contribution is 6.31. The minimum atomic E-state index is -0.380. The molecule has 0 spiro atoms. The number of nitrogens with zero attached hydrogens (tertiary/aromatic N) is 1. The van der Waals surface area contributed by atoms with E-state index < -0.39 is 0 Å². The third-order valence-electron chi connectivity index (χ3n) is 2.77. The normalized spacial score (nSPS) is 26.0. The molecule has 0 radical (unpaired) electrons. The van der Waals surface area contributed by atoms with E-state index in [1.54, 1.807) is 12.1 Å². The number of rotatable bonds is 1. The van der Waals surface area contributed by atoms with E-state index in [0.29, 0.717) is 0 Å². The van der Waals surface area contributed by atoms with Crippen molar-refractivity contribution in [1.29, 1.82) is 0 Å². The second kappa shape index (κ2) is 3.65. The lowest BCUT2D eigenvalue weighted by Crippen LogP contribution is -2.39. The van der Waals surface area contributed by atoms with Crippen LogP contribution in [0.15, 0.2) is 18.2 Å². The zero-order valence-corrected chi connectivity index (χ0v) is 9.39. The largest absolute Gasteiger partial charge is 0.370 e. The zero-order chi connectivity index (χ0) is 11.1. The van der Waals surface area contributed by atoms with E-state index in [0.717, 1.165) is 25.2 Å². The number of anilines is 1. The molecule has 0 bridgehead atoms. The lowest BCUT2D eigenvalue weighted by molar-refractivity contribution is 0.525. The highest BCUT2D eigenvalue weighted by Crippen LogP contribution is 2.28. The van der Waals surface area contributed by atoms with Crippen LogP contribution in [0.4, 0.5) is 10.1 Å². The number of hydrogen-bond acceptors (Lipinski definition) is 2. The fourth-order valence-corrected chi connectivity index (χ4v) is 2.06. The molecule has 2 N–H and O–H groups in total. The molecule has 2 nitrogen and oxygen atoms in total. The van der Waals surface area contributed by atoms with Gasteiger partial charge in [0.1, 0.15) is 5.82 Å². The molecule has 0 aliphatic carbocycles. The minimum absolute atomic E-state index is 0.152. The summed E-state index contributed by atoms with van der Waals surface area (Å²) in [5.41, 5.74) is 6.81. The van der Waals surface area contributed by atoms with Crippen molar-refractivity contribution in [3.63, 3.8) is 0 Å². The Labute approximate surface area is 93.8 Å². The van der Waals surface area contributed by atoms with E-state index in [9.17, 15) is 4.39 Å². The number of nitrogens with two attached hydrogens (primary N) is 1. The third-order valence-corrected chi connectivity index (χ3v) is 3.06. The summed E-state index contributed by atoms with van der Waals surface area (Å²) in [6.07, 6.45) is 0.946. The molecular formula is C11H14ClFN2. The molecule has 0 amide bonds. The summed E-state index contributed by atoms with van der Waals surface area (Å²) < 4.78 is 13.0. The summed E-state index contributed by atoms with van der Waals surface area (Å²) in [4.78, 5) is 2.13. The molecule has 1 aliphatic rings. The smallest absolute Gasteiger partial charge is 0.141 e. The fraction of sp³-hybridized carbons (Fsp3) is 0.455. The summed E-state index contributed by atoms with van der Waals surface area (Å²) in [6, 6.07) is 4.78. The van der Waals surface area contributed by atoms with Gasteiger partial charge >= 0.3 is 0 Å². The van der Waals surface area contributed by atoms with E-state index in [4.69, 9.17) is 17.3 Å². The van der Waals surface area contributed by atoms with E-state index in [1.165, 1.54) is 6.07 Å². The average Bonchev–Trinajstić information content (AvgIpc) is 2.51. The molecule has 2 rings (SSSR count). The Bertz CT molecular complexity index is 379. The number of hydrogen-bond donors (Lipinski definition) is 1. The molecule has 0 aromatic heterocycles. The second-order valence-corrected chi connectivity index (χ2v) is 4.83. The van der Waals surface area contributed by atoms with Gasteiger partial charge in [0.2, 0.25) is 0 Å². The maximum atomic E-state index is 13.0. The summed E-state index contributed by atoms with van der Waals surface area (Å²) >= 11 is 5.73. The Morgan fingerprint density at radius 3 is 2.80 bits per heavy atom. The Morgan fingerprint density at radius 2 is 2.27 bits per heavy atom. The Morgan fingerprint density at radius 1 is 1.53 bits per heavy atom. The molecule has 1 aromatic rings. The molecule has 15 heavy (non-hydrogen) atoms. The first-order valence-corrected chi connectivity index (χ1v) is 5.35. The summed E-state index contributed by atoms with van der Waals surface area (Å²) in [7, 11) is 0. The maximum absolute atomic E-state index is 13.0. The first-order chi connectivity index (χ1) is 6.98. The van der Waals surface area contributed by atoms with Crippen molar-refractivity contribution < 1.29 is 4.39 Å². The van der Waals surface area contributed by atoms with Gasteiger partial charge in [-0.2, -0.15) is 0 Å². The van der Waals surface area contributed by atoms with Gasteiger partial charge in [-0.25, -0.2) is 4.39 Å². The highest BCUT2D eigenvalue weighted by atomic mass is 35.5. The Hall–Kier alpha value is -0.800. The van der Waals surface area contributed by atoms with Crippen LogP contribution < -0.4 is 10.6 Å². The molecule has 0 saturated carbocycles. The Kier molecular flexibility index (Phi) is 2.61. The fourth-order valence-electron chi connectivity index (χ4n) is 1.89. The van der Waals surface area contributed by atoms with Gasteiger partial charge in [-0.15, -0.1) is 0 Å². The lowest BCUT2D eigenvalue weighted by atomic mass is 10.0. The van der Waals surface area contributed by atoms with Crippen LogP contribution in [0.1, 0.15) is 13.3 Å². The van der Waals surface area contributed by atoms with Gasteiger partial charge in [-0.05, 0) is 31.5 Å². The van der Waals surface area contributed by atoms with Gasteiger partial charge < -0.3 is 10.6 Å². The average molecular weight is 229 g/mol. The predicted molar refractivity (Wildman–Crippen MR) is 60.8 cm³/mol. The van der Waals surface area contributed by atoms with Gasteiger partial charge in [0.05, 0.1) is 5.02 Å². The minimum Gasteiger partial charge on any atom is -0.370 e. The van der Waals surface area contributed by atoms with Crippen molar-refractivity contribution in [2.24, 2.45) is 5.73 Å². The topological polar surface area (TPSA) is 29.3 Å². The van der Waals surface area contributed by atoms with Gasteiger partial charge in [-0.3, -0.25) is 0 Å². The van der Waals surface area contributed by atoms with E-state index >= 15 is 0 Å². The van der Waals surface area contributed by atoms with Gasteiger partial charge in [0.25, 0.3) is 0 Å². The quantitative estimate of drug-likeness (QED) is 0.800. The summed E-state index contributed by atoms with van der Waals surface area (Å²) in [6.45, 7) is 3.71. The van der Waals surface area contributed by atoms with Crippen LogP contribution in [0, 0.1) is 5.82 Å². The zero-order valence-electron chi connectivity index (χ0n) is 8.63. The van der Waals surface area contributed by atoms with Gasteiger partial charge in [0, 0.05) is 24.3 Å². The highest BCUT2D eigenvalue weighted by Gasteiger charge is 2.29. The van der Waals surface area contributed by atoms with Crippen molar-refractivity contribution in [2.75, 3.05) is 18.0 Å². The molecule has 82 valence electrons. The molecule has 1 saturated heterocycles. The van der Waals surface area contributed by atoms with Crippen molar-refractivity contribution in [2.45, 2.75) is 18.9 Å². The molecule has 1 unspecified atom stereocenters. The maximum Gasteiger partial charge on any atom is 0.141 e. The SMILES string of the molecule is CC1(N)CCN(c2ccc(F)c(Cl)c2)C1. The molecule has 1 heterocycles. The molecular weight excluding hydrogens is 215 g/mol. The van der Waals surface area contributed by atoms with Crippen LogP contribution in [-0.4, -0.2) is 18.6 Å². The van der Waals surface area contributed by atoms with E-state index in [2.05, 4.69) is 4.90 Å². The Balaban J connectivity index is 2.21. The monoisotopic (exact) mass is 228 g/mol. The molecule has 4 heteroatoms. The van der Waals surface area contributed by atoms with E-state index in [1.807, 2.05) is 6.92 Å². The standard InChI is InChI=1S/C11H14ClFN2/c1-11(14)4-5-15(7-11)8-2-3-10(13)9(12)6-8/h2-3,6H,4-5,7,14H2,1H3. The number of benzene rings is 1. The van der Waals surface area contributed by atoms with Crippen molar-refractivity contribution >= 4 is 17.3 Å². The van der Waals surface area contributed by atoms with Gasteiger partial charge in [-0.1, -0.05) is 11.6 Å². The first-order valence-electron chi connectivity index (χ1n) is 4.97. The molecule has 1 aromatic carbocycles. The third kappa shape index (κ3) is 2.24. The van der Waals surface area contributed by atoms with Crippen molar-refractivity contribution in [3.05, 3.63) is 29.0 Å². The predicted octanol–water partition coefficient (Wildman–Crippen LogP) is 2.41. The van der Waals surface area contributed by atoms with Crippen LogP contribution in [0.5, 0.6) is 0 Å². The molecule has 1 aliphatic heterocycles. The summed E-state index contributed by atoms with van der Waals surface area (Å²) in [5.74, 6) is -0.380. The van der Waals surface area contributed by atoms with Crippen molar-refractivity contribution in [1.82, 2.24) is 0 Å². The lowest BCUT2D eigenvalue weighted by Gasteiger charge is -2.21. The van der Waals surface area contributed by atoms with Crippen LogP contribution in [-0.2, 0) is 0 Å². The van der Waals surface area contributed by atoms with Crippen LogP contribution in [0.2, 0.25) is 5.02 Å². The molecule has 1 fully saturated rings. The van der Waals surface area contributed by atoms with Crippen LogP contribution >= 0.6 is 11.6 Å². The van der Waals surface area contributed by atoms with Gasteiger partial charge in [0.15, 0.2) is 0 Å². The summed E-state index contributed by atoms with van der Waals surface area (Å²) in [5, 5.41) is 0.165. The van der Waals surface area contributed by atoms with E-state index in [-0.39, 0.29) is 16.4 Å².